The van der Waals surface area contributed by atoms with Crippen LogP contribution in [0.1, 0.15) is 38.2 Å². The van der Waals surface area contributed by atoms with E-state index < -0.39 is 5.60 Å². The van der Waals surface area contributed by atoms with Crippen LogP contribution in [0.15, 0.2) is 18.2 Å². The van der Waals surface area contributed by atoms with Crippen molar-refractivity contribution in [1.82, 2.24) is 0 Å². The molecule has 88 valence electrons. The van der Waals surface area contributed by atoms with Gasteiger partial charge >= 0.3 is 0 Å². The molecule has 0 unspecified atom stereocenters. The van der Waals surface area contributed by atoms with Crippen molar-refractivity contribution in [3.63, 3.8) is 0 Å². The quantitative estimate of drug-likeness (QED) is 0.855. The molecule has 0 atom stereocenters. The molecule has 1 saturated carbocycles. The minimum absolute atomic E-state index is 0.340. The van der Waals surface area contributed by atoms with Gasteiger partial charge in [-0.05, 0) is 38.0 Å². The minimum atomic E-state index is -0.989. The molecule has 0 saturated heterocycles. The van der Waals surface area contributed by atoms with Crippen LogP contribution in [-0.2, 0) is 5.60 Å². The maximum atomic E-state index is 13.7. The second kappa shape index (κ2) is 4.42. The maximum Gasteiger partial charge on any atom is 0.129 e. The largest absolute Gasteiger partial charge is 0.494 e. The highest BCUT2D eigenvalue weighted by molar-refractivity contribution is 5.34. The zero-order valence-corrected chi connectivity index (χ0v) is 9.50. The first kappa shape index (κ1) is 11.4. The van der Waals surface area contributed by atoms with Crippen molar-refractivity contribution in [2.24, 2.45) is 0 Å². The lowest BCUT2D eigenvalue weighted by atomic mass is 9.91. The normalized spacial score (nSPS) is 18.7. The predicted octanol–water partition coefficient (Wildman–Crippen LogP) is 2.99. The average Bonchev–Trinajstić information content (AvgIpc) is 2.69. The number of benzene rings is 1. The Morgan fingerprint density at radius 2 is 2.06 bits per heavy atom. The summed E-state index contributed by atoms with van der Waals surface area (Å²) in [7, 11) is 0. The Labute approximate surface area is 95.1 Å². The number of hydrogen-bond acceptors (Lipinski definition) is 2. The highest BCUT2D eigenvalue weighted by Crippen LogP contribution is 2.40. The third-order valence-corrected chi connectivity index (χ3v) is 3.18. The molecule has 0 aliphatic heterocycles. The van der Waals surface area contributed by atoms with E-state index in [0.717, 1.165) is 12.8 Å². The van der Waals surface area contributed by atoms with Gasteiger partial charge in [0.25, 0.3) is 0 Å². The molecule has 1 aromatic carbocycles. The first-order valence-corrected chi connectivity index (χ1v) is 5.81. The van der Waals surface area contributed by atoms with Gasteiger partial charge in [-0.25, -0.2) is 4.39 Å². The van der Waals surface area contributed by atoms with Crippen LogP contribution >= 0.6 is 0 Å². The van der Waals surface area contributed by atoms with Crippen LogP contribution < -0.4 is 4.74 Å². The zero-order valence-electron chi connectivity index (χ0n) is 9.50. The molecule has 0 amide bonds. The summed E-state index contributed by atoms with van der Waals surface area (Å²) >= 11 is 0. The van der Waals surface area contributed by atoms with Crippen LogP contribution in [0.2, 0.25) is 0 Å². The van der Waals surface area contributed by atoms with Crippen LogP contribution in [0.5, 0.6) is 5.75 Å². The van der Waals surface area contributed by atoms with Gasteiger partial charge in [0.05, 0.1) is 12.2 Å². The van der Waals surface area contributed by atoms with Crippen LogP contribution in [0.3, 0.4) is 0 Å². The van der Waals surface area contributed by atoms with E-state index in [1.807, 2.05) is 6.92 Å². The Kier molecular flexibility index (Phi) is 3.15. The van der Waals surface area contributed by atoms with Gasteiger partial charge in [0.15, 0.2) is 0 Å². The molecular formula is C13H17FO2. The molecular weight excluding hydrogens is 207 g/mol. The summed E-state index contributed by atoms with van der Waals surface area (Å²) in [6.07, 6.45) is 3.18. The van der Waals surface area contributed by atoms with Crippen molar-refractivity contribution in [1.29, 1.82) is 0 Å². The zero-order chi connectivity index (χ0) is 11.6. The fourth-order valence-corrected chi connectivity index (χ4v) is 2.35. The Morgan fingerprint density at radius 3 is 2.69 bits per heavy atom. The van der Waals surface area contributed by atoms with Crippen molar-refractivity contribution in [3.8, 4) is 5.75 Å². The van der Waals surface area contributed by atoms with E-state index >= 15 is 0 Å². The number of halogens is 1. The van der Waals surface area contributed by atoms with Crippen LogP contribution in [0, 0.1) is 5.82 Å². The van der Waals surface area contributed by atoms with Gasteiger partial charge in [0.1, 0.15) is 11.6 Å². The molecule has 0 spiro atoms. The number of rotatable bonds is 3. The maximum absolute atomic E-state index is 13.7. The fraction of sp³-hybridized carbons (Fsp3) is 0.538. The van der Waals surface area contributed by atoms with Crippen molar-refractivity contribution >= 4 is 0 Å². The first-order chi connectivity index (χ1) is 7.65. The molecule has 0 aromatic heterocycles. The lowest BCUT2D eigenvalue weighted by Crippen LogP contribution is -2.22. The van der Waals surface area contributed by atoms with Gasteiger partial charge in [-0.1, -0.05) is 12.8 Å². The van der Waals surface area contributed by atoms with Gasteiger partial charge < -0.3 is 9.84 Å². The summed E-state index contributed by atoms with van der Waals surface area (Å²) in [6, 6.07) is 4.60. The number of aliphatic hydroxyl groups is 1. The fourth-order valence-electron chi connectivity index (χ4n) is 2.35. The van der Waals surface area contributed by atoms with Crippen molar-refractivity contribution in [2.45, 2.75) is 38.2 Å². The third-order valence-electron chi connectivity index (χ3n) is 3.18. The van der Waals surface area contributed by atoms with Crippen molar-refractivity contribution < 1.29 is 14.2 Å². The summed E-state index contributed by atoms with van der Waals surface area (Å²) in [4.78, 5) is 0. The highest BCUT2D eigenvalue weighted by Gasteiger charge is 2.35. The Balaban J connectivity index is 2.34. The van der Waals surface area contributed by atoms with E-state index in [2.05, 4.69) is 0 Å². The third kappa shape index (κ3) is 2.05. The molecule has 3 heteroatoms. The minimum Gasteiger partial charge on any atom is -0.494 e. The van der Waals surface area contributed by atoms with Gasteiger partial charge in [-0.2, -0.15) is 0 Å². The second-order valence-corrected chi connectivity index (χ2v) is 4.31. The summed E-state index contributed by atoms with van der Waals surface area (Å²) in [6.45, 7) is 2.43. The number of ether oxygens (including phenoxy) is 1. The van der Waals surface area contributed by atoms with Gasteiger partial charge in [-0.3, -0.25) is 0 Å². The van der Waals surface area contributed by atoms with E-state index in [9.17, 15) is 9.50 Å². The molecule has 16 heavy (non-hydrogen) atoms. The van der Waals surface area contributed by atoms with E-state index in [0.29, 0.717) is 30.8 Å². The molecule has 0 heterocycles. The highest BCUT2D eigenvalue weighted by atomic mass is 19.1. The topological polar surface area (TPSA) is 29.5 Å². The lowest BCUT2D eigenvalue weighted by Gasteiger charge is -2.23. The van der Waals surface area contributed by atoms with Gasteiger partial charge in [0, 0.05) is 5.56 Å². The molecule has 2 nitrogen and oxygen atoms in total. The summed E-state index contributed by atoms with van der Waals surface area (Å²) < 4.78 is 19.0. The van der Waals surface area contributed by atoms with E-state index in [4.69, 9.17) is 4.74 Å². The summed E-state index contributed by atoms with van der Waals surface area (Å²) in [5, 5.41) is 10.3. The van der Waals surface area contributed by atoms with E-state index in [1.165, 1.54) is 6.07 Å². The molecule has 1 fully saturated rings. The second-order valence-electron chi connectivity index (χ2n) is 4.31. The SMILES string of the molecule is CCOc1ccc(F)c(C2(O)CCCC2)c1. The summed E-state index contributed by atoms with van der Waals surface area (Å²) in [5.41, 5.74) is -0.604. The first-order valence-electron chi connectivity index (χ1n) is 5.81. The number of hydrogen-bond donors (Lipinski definition) is 1. The van der Waals surface area contributed by atoms with Crippen LogP contribution in [0.4, 0.5) is 4.39 Å². The summed E-state index contributed by atoms with van der Waals surface area (Å²) in [5.74, 6) is 0.284. The molecule has 0 radical (unpaired) electrons. The smallest absolute Gasteiger partial charge is 0.129 e. The molecule has 1 aliphatic carbocycles. The molecule has 2 rings (SSSR count). The van der Waals surface area contributed by atoms with Crippen molar-refractivity contribution in [3.05, 3.63) is 29.6 Å². The van der Waals surface area contributed by atoms with E-state index in [-0.39, 0.29) is 5.82 Å². The van der Waals surface area contributed by atoms with Crippen LogP contribution in [0.25, 0.3) is 0 Å². The van der Waals surface area contributed by atoms with Crippen molar-refractivity contribution in [2.75, 3.05) is 6.61 Å². The molecule has 1 aliphatic rings. The van der Waals surface area contributed by atoms with E-state index in [1.54, 1.807) is 12.1 Å². The van der Waals surface area contributed by atoms with Gasteiger partial charge in [0.2, 0.25) is 0 Å². The standard InChI is InChI=1S/C13H17FO2/c1-2-16-10-5-6-12(14)11(9-10)13(15)7-3-4-8-13/h5-6,9,15H,2-4,7-8H2,1H3. The molecule has 0 bridgehead atoms. The Morgan fingerprint density at radius 1 is 1.38 bits per heavy atom. The molecule has 1 N–H and O–H groups in total. The van der Waals surface area contributed by atoms with Crippen LogP contribution in [-0.4, -0.2) is 11.7 Å². The Hall–Kier alpha value is -1.09. The lowest BCUT2D eigenvalue weighted by molar-refractivity contribution is 0.0405. The van der Waals surface area contributed by atoms with Gasteiger partial charge in [-0.15, -0.1) is 0 Å². The predicted molar refractivity (Wildman–Crippen MR) is 59.9 cm³/mol. The molecule has 1 aromatic rings. The monoisotopic (exact) mass is 224 g/mol. The average molecular weight is 224 g/mol. The Bertz CT molecular complexity index is 370.